The molecule has 1 fully saturated rings. The SMILES string of the molecule is O=C(NCCc1nc(-c2ccco2)n[nH]1)[C@H]1C[C@H]1c1ccccc1. The second-order valence-corrected chi connectivity index (χ2v) is 5.98. The van der Waals surface area contributed by atoms with Gasteiger partial charge in [0.2, 0.25) is 11.7 Å². The number of carbonyl (C=O) groups is 1. The Kier molecular flexibility index (Phi) is 3.86. The maximum atomic E-state index is 12.2. The number of furan rings is 1. The van der Waals surface area contributed by atoms with Crippen molar-refractivity contribution in [1.82, 2.24) is 20.5 Å². The van der Waals surface area contributed by atoms with Gasteiger partial charge in [0.05, 0.1) is 6.26 Å². The highest BCUT2D eigenvalue weighted by molar-refractivity contribution is 5.82. The highest BCUT2D eigenvalue weighted by Gasteiger charge is 2.43. The zero-order valence-corrected chi connectivity index (χ0v) is 13.1. The second kappa shape index (κ2) is 6.31. The number of amides is 1. The van der Waals surface area contributed by atoms with Crippen LogP contribution in [0.3, 0.4) is 0 Å². The molecule has 1 aliphatic rings. The van der Waals surface area contributed by atoms with Crippen LogP contribution in [0.15, 0.2) is 53.1 Å². The topological polar surface area (TPSA) is 83.8 Å². The van der Waals surface area contributed by atoms with Gasteiger partial charge in [0.25, 0.3) is 0 Å². The average Bonchev–Trinajstić information content (AvgIpc) is 3.00. The summed E-state index contributed by atoms with van der Waals surface area (Å²) < 4.78 is 5.25. The number of rotatable bonds is 6. The maximum Gasteiger partial charge on any atom is 0.223 e. The van der Waals surface area contributed by atoms with E-state index in [1.54, 1.807) is 12.3 Å². The average molecular weight is 322 g/mol. The molecule has 0 spiro atoms. The largest absolute Gasteiger partial charge is 0.461 e. The molecule has 0 bridgehead atoms. The molecular formula is C18H18N4O2. The van der Waals surface area contributed by atoms with Crippen molar-refractivity contribution in [3.63, 3.8) is 0 Å². The molecule has 1 saturated carbocycles. The van der Waals surface area contributed by atoms with Gasteiger partial charge in [0.1, 0.15) is 5.82 Å². The Morgan fingerprint density at radius 1 is 1.25 bits per heavy atom. The Morgan fingerprint density at radius 2 is 2.12 bits per heavy atom. The Bertz CT molecular complexity index is 811. The molecule has 2 N–H and O–H groups in total. The molecule has 0 saturated heterocycles. The minimum atomic E-state index is 0.0980. The molecule has 3 aromatic rings. The van der Waals surface area contributed by atoms with Crippen LogP contribution in [0.5, 0.6) is 0 Å². The summed E-state index contributed by atoms with van der Waals surface area (Å²) in [5.74, 6) is 2.48. The number of nitrogens with one attached hydrogen (secondary N) is 2. The van der Waals surface area contributed by atoms with Crippen LogP contribution in [0, 0.1) is 5.92 Å². The standard InChI is InChI=1S/C18H18N4O2/c23-18(14-11-13(14)12-5-2-1-3-6-12)19-9-8-16-20-17(22-21-16)15-7-4-10-24-15/h1-7,10,13-14H,8-9,11H2,(H,19,23)(H,20,21,22)/t13-,14-/m0/s1. The van der Waals surface area contributed by atoms with Gasteiger partial charge in [0.15, 0.2) is 5.76 Å². The van der Waals surface area contributed by atoms with Crippen molar-refractivity contribution in [3.05, 3.63) is 60.1 Å². The fourth-order valence-electron chi connectivity index (χ4n) is 2.91. The van der Waals surface area contributed by atoms with Crippen LogP contribution in [0.1, 0.15) is 23.7 Å². The molecule has 6 nitrogen and oxygen atoms in total. The zero-order valence-electron chi connectivity index (χ0n) is 13.1. The van der Waals surface area contributed by atoms with Gasteiger partial charge >= 0.3 is 0 Å². The van der Waals surface area contributed by atoms with Crippen molar-refractivity contribution in [2.24, 2.45) is 5.92 Å². The van der Waals surface area contributed by atoms with Gasteiger partial charge in [-0.1, -0.05) is 30.3 Å². The summed E-state index contributed by atoms with van der Waals surface area (Å²) in [7, 11) is 0. The first-order chi connectivity index (χ1) is 11.8. The maximum absolute atomic E-state index is 12.2. The van der Waals surface area contributed by atoms with Crippen LogP contribution in [0.25, 0.3) is 11.6 Å². The summed E-state index contributed by atoms with van der Waals surface area (Å²) in [4.78, 5) is 16.6. The summed E-state index contributed by atoms with van der Waals surface area (Å²) in [6.45, 7) is 0.545. The first-order valence-corrected chi connectivity index (χ1v) is 8.09. The molecular weight excluding hydrogens is 304 g/mol. The van der Waals surface area contributed by atoms with Gasteiger partial charge < -0.3 is 9.73 Å². The molecule has 4 rings (SSSR count). The van der Waals surface area contributed by atoms with Crippen LogP contribution >= 0.6 is 0 Å². The monoisotopic (exact) mass is 322 g/mol. The van der Waals surface area contributed by atoms with E-state index >= 15 is 0 Å². The summed E-state index contributed by atoms with van der Waals surface area (Å²) in [5, 5.41) is 9.97. The lowest BCUT2D eigenvalue weighted by molar-refractivity contribution is -0.122. The van der Waals surface area contributed by atoms with E-state index in [-0.39, 0.29) is 11.8 Å². The molecule has 0 unspecified atom stereocenters. The lowest BCUT2D eigenvalue weighted by Crippen LogP contribution is -2.27. The van der Waals surface area contributed by atoms with E-state index in [9.17, 15) is 4.79 Å². The summed E-state index contributed by atoms with van der Waals surface area (Å²) >= 11 is 0. The third-order valence-corrected chi connectivity index (χ3v) is 4.29. The van der Waals surface area contributed by atoms with Gasteiger partial charge in [-0.25, -0.2) is 4.98 Å². The van der Waals surface area contributed by atoms with E-state index in [0.717, 1.165) is 12.2 Å². The third-order valence-electron chi connectivity index (χ3n) is 4.29. The number of hydrogen-bond acceptors (Lipinski definition) is 4. The molecule has 1 amide bonds. The molecule has 0 aliphatic heterocycles. The molecule has 122 valence electrons. The zero-order chi connectivity index (χ0) is 16.4. The summed E-state index contributed by atoms with van der Waals surface area (Å²) in [6, 6.07) is 13.8. The van der Waals surface area contributed by atoms with E-state index in [2.05, 4.69) is 32.6 Å². The molecule has 2 heterocycles. The van der Waals surface area contributed by atoms with Gasteiger partial charge in [-0.15, -0.1) is 0 Å². The number of hydrogen-bond donors (Lipinski definition) is 2. The lowest BCUT2D eigenvalue weighted by atomic mass is 10.1. The lowest BCUT2D eigenvalue weighted by Gasteiger charge is -2.03. The molecule has 1 aromatic carbocycles. The van der Waals surface area contributed by atoms with E-state index in [4.69, 9.17) is 4.42 Å². The first kappa shape index (κ1) is 14.7. The van der Waals surface area contributed by atoms with E-state index < -0.39 is 0 Å². The normalized spacial score (nSPS) is 19.2. The molecule has 6 heteroatoms. The Morgan fingerprint density at radius 3 is 2.92 bits per heavy atom. The number of H-pyrrole nitrogens is 1. The summed E-state index contributed by atoms with van der Waals surface area (Å²) in [6.07, 6.45) is 3.13. The minimum absolute atomic E-state index is 0.0980. The van der Waals surface area contributed by atoms with E-state index in [1.165, 1.54) is 5.56 Å². The van der Waals surface area contributed by atoms with Crippen molar-refractivity contribution < 1.29 is 9.21 Å². The van der Waals surface area contributed by atoms with Crippen LogP contribution in [-0.2, 0) is 11.2 Å². The van der Waals surface area contributed by atoms with Crippen molar-refractivity contribution >= 4 is 5.91 Å². The van der Waals surface area contributed by atoms with Crippen LogP contribution in [0.4, 0.5) is 0 Å². The van der Waals surface area contributed by atoms with E-state index in [0.29, 0.717) is 30.5 Å². The number of aromatic nitrogens is 3. The Hall–Kier alpha value is -2.89. The highest BCUT2D eigenvalue weighted by atomic mass is 16.3. The van der Waals surface area contributed by atoms with Gasteiger partial charge in [0, 0.05) is 18.9 Å². The van der Waals surface area contributed by atoms with Crippen molar-refractivity contribution in [1.29, 1.82) is 0 Å². The molecule has 2 aromatic heterocycles. The first-order valence-electron chi connectivity index (χ1n) is 8.09. The number of benzene rings is 1. The smallest absolute Gasteiger partial charge is 0.223 e. The number of aromatic amines is 1. The van der Waals surface area contributed by atoms with Gasteiger partial charge in [-0.2, -0.15) is 5.10 Å². The highest BCUT2D eigenvalue weighted by Crippen LogP contribution is 2.47. The van der Waals surface area contributed by atoms with Gasteiger partial charge in [-0.3, -0.25) is 9.89 Å². The van der Waals surface area contributed by atoms with Crippen molar-refractivity contribution in [2.75, 3.05) is 6.54 Å². The number of nitrogens with zero attached hydrogens (tertiary/aromatic N) is 2. The molecule has 24 heavy (non-hydrogen) atoms. The second-order valence-electron chi connectivity index (χ2n) is 5.98. The van der Waals surface area contributed by atoms with Crippen molar-refractivity contribution in [3.8, 4) is 11.6 Å². The van der Waals surface area contributed by atoms with Crippen LogP contribution < -0.4 is 5.32 Å². The molecule has 2 atom stereocenters. The van der Waals surface area contributed by atoms with E-state index in [1.807, 2.05) is 24.3 Å². The fourth-order valence-corrected chi connectivity index (χ4v) is 2.91. The Balaban J connectivity index is 1.25. The third kappa shape index (κ3) is 3.08. The van der Waals surface area contributed by atoms with Crippen molar-refractivity contribution in [2.45, 2.75) is 18.8 Å². The predicted molar refractivity (Wildman–Crippen MR) is 88.1 cm³/mol. The minimum Gasteiger partial charge on any atom is -0.461 e. The quantitative estimate of drug-likeness (QED) is 0.730. The number of carbonyl (C=O) groups excluding carboxylic acids is 1. The predicted octanol–water partition coefficient (Wildman–Crippen LogP) is 2.53. The molecule has 0 radical (unpaired) electrons. The van der Waals surface area contributed by atoms with Crippen LogP contribution in [0.2, 0.25) is 0 Å². The van der Waals surface area contributed by atoms with Crippen LogP contribution in [-0.4, -0.2) is 27.6 Å². The fraction of sp³-hybridized carbons (Fsp3) is 0.278. The van der Waals surface area contributed by atoms with Gasteiger partial charge in [-0.05, 0) is 30.0 Å². The molecule has 1 aliphatic carbocycles. The Labute approximate surface area is 139 Å². The summed E-state index contributed by atoms with van der Waals surface area (Å²) in [5.41, 5.74) is 1.25.